The second-order valence-electron chi connectivity index (χ2n) is 13.8. The maximum absolute atomic E-state index is 6.36. The van der Waals surface area contributed by atoms with Crippen molar-refractivity contribution in [3.8, 4) is 16.8 Å². The number of aromatic nitrogens is 1. The molecule has 3 heterocycles. The van der Waals surface area contributed by atoms with Gasteiger partial charge in [-0.05, 0) is 103 Å². The second-order valence-corrected chi connectivity index (χ2v) is 13.8. The third kappa shape index (κ3) is 4.62. The number of hydrogen-bond acceptors (Lipinski definition) is 3. The lowest BCUT2D eigenvalue weighted by molar-refractivity contribution is 0.668. The molecule has 250 valence electrons. The van der Waals surface area contributed by atoms with Crippen LogP contribution in [0.5, 0.6) is 0 Å². The first-order valence-electron chi connectivity index (χ1n) is 18.0. The standard InChI is InChI=1S/C49H32N2O2/c1-31-17-22-35(23-18-31)51-42-12-5-2-9-37(42)40-29-33(21-27-43(40)51)32-19-24-34(25-20-32)50(36-26-28-47-41(30-36)38-10-3-6-14-45(38)52-47)44-13-8-16-48-49(44)39-11-4-7-15-46(39)53-48/h2-30H,1H3. The molecule has 0 aliphatic heterocycles. The van der Waals surface area contributed by atoms with Gasteiger partial charge in [-0.2, -0.15) is 0 Å². The minimum atomic E-state index is 0.860. The summed E-state index contributed by atoms with van der Waals surface area (Å²) >= 11 is 0. The number of aryl methyl sites for hydroxylation is 1. The summed E-state index contributed by atoms with van der Waals surface area (Å²) in [4.78, 5) is 2.34. The molecule has 0 saturated heterocycles. The maximum atomic E-state index is 6.36. The molecule has 0 N–H and O–H groups in total. The number of nitrogens with zero attached hydrogens (tertiary/aromatic N) is 2. The Balaban J connectivity index is 1.07. The highest BCUT2D eigenvalue weighted by atomic mass is 16.3. The molecule has 0 amide bonds. The Bertz CT molecular complexity index is 3180. The Morgan fingerprint density at radius 3 is 1.87 bits per heavy atom. The monoisotopic (exact) mass is 680 g/mol. The largest absolute Gasteiger partial charge is 0.456 e. The summed E-state index contributed by atoms with van der Waals surface area (Å²) in [6.07, 6.45) is 0. The van der Waals surface area contributed by atoms with E-state index in [2.05, 4.69) is 168 Å². The van der Waals surface area contributed by atoms with Crippen LogP contribution in [0.4, 0.5) is 17.1 Å². The van der Waals surface area contributed by atoms with Crippen molar-refractivity contribution in [1.82, 2.24) is 4.57 Å². The third-order valence-electron chi connectivity index (χ3n) is 10.7. The van der Waals surface area contributed by atoms with Crippen LogP contribution in [-0.4, -0.2) is 4.57 Å². The van der Waals surface area contributed by atoms with E-state index in [0.29, 0.717) is 0 Å². The van der Waals surface area contributed by atoms with E-state index in [1.165, 1.54) is 38.6 Å². The number of hydrogen-bond donors (Lipinski definition) is 0. The van der Waals surface area contributed by atoms with Crippen LogP contribution in [0.2, 0.25) is 0 Å². The van der Waals surface area contributed by atoms with Crippen LogP contribution in [0.3, 0.4) is 0 Å². The Labute approximate surface area is 305 Å². The number of benzene rings is 8. The zero-order valence-electron chi connectivity index (χ0n) is 29.0. The van der Waals surface area contributed by atoms with Gasteiger partial charge < -0.3 is 18.3 Å². The predicted octanol–water partition coefficient (Wildman–Crippen LogP) is 14.0. The molecule has 4 nitrogen and oxygen atoms in total. The Hall–Kier alpha value is -7.04. The molecule has 3 aromatic heterocycles. The van der Waals surface area contributed by atoms with Crippen LogP contribution in [0.15, 0.2) is 185 Å². The smallest absolute Gasteiger partial charge is 0.137 e. The molecule has 0 radical (unpaired) electrons. The molecule has 53 heavy (non-hydrogen) atoms. The van der Waals surface area contributed by atoms with Crippen molar-refractivity contribution in [3.63, 3.8) is 0 Å². The predicted molar refractivity (Wildman–Crippen MR) is 220 cm³/mol. The Morgan fingerprint density at radius 2 is 1.04 bits per heavy atom. The van der Waals surface area contributed by atoms with Crippen molar-refractivity contribution in [2.75, 3.05) is 4.90 Å². The minimum absolute atomic E-state index is 0.860. The Kier molecular flexibility index (Phi) is 6.43. The van der Waals surface area contributed by atoms with E-state index in [4.69, 9.17) is 8.83 Å². The molecule has 8 aromatic carbocycles. The summed E-state index contributed by atoms with van der Waals surface area (Å²) in [7, 11) is 0. The average molecular weight is 681 g/mol. The topological polar surface area (TPSA) is 34.5 Å². The fourth-order valence-electron chi connectivity index (χ4n) is 8.15. The first kappa shape index (κ1) is 29.7. The van der Waals surface area contributed by atoms with E-state index in [1.807, 2.05) is 24.3 Å². The van der Waals surface area contributed by atoms with Crippen LogP contribution >= 0.6 is 0 Å². The van der Waals surface area contributed by atoms with Crippen LogP contribution in [-0.2, 0) is 0 Å². The van der Waals surface area contributed by atoms with Crippen molar-refractivity contribution in [1.29, 1.82) is 0 Å². The summed E-state index contributed by atoms with van der Waals surface area (Å²) in [5.41, 5.74) is 13.8. The highest BCUT2D eigenvalue weighted by Crippen LogP contribution is 2.45. The van der Waals surface area contributed by atoms with Gasteiger partial charge >= 0.3 is 0 Å². The number of furan rings is 2. The zero-order valence-corrected chi connectivity index (χ0v) is 29.0. The van der Waals surface area contributed by atoms with Gasteiger partial charge in [-0.1, -0.05) is 96.6 Å². The maximum Gasteiger partial charge on any atom is 0.137 e. The van der Waals surface area contributed by atoms with Gasteiger partial charge in [0.15, 0.2) is 0 Å². The molecule has 11 rings (SSSR count). The Morgan fingerprint density at radius 1 is 0.415 bits per heavy atom. The van der Waals surface area contributed by atoms with Crippen LogP contribution < -0.4 is 4.90 Å². The molecule has 0 spiro atoms. The molecule has 0 aliphatic rings. The number of anilines is 3. The highest BCUT2D eigenvalue weighted by molar-refractivity contribution is 6.14. The van der Waals surface area contributed by atoms with E-state index in [9.17, 15) is 0 Å². The summed E-state index contributed by atoms with van der Waals surface area (Å²) in [5.74, 6) is 0. The molecular weight excluding hydrogens is 649 g/mol. The number of rotatable bonds is 5. The lowest BCUT2D eigenvalue weighted by Gasteiger charge is -2.26. The number of para-hydroxylation sites is 3. The van der Waals surface area contributed by atoms with Crippen molar-refractivity contribution in [2.24, 2.45) is 0 Å². The molecular formula is C49H32N2O2. The van der Waals surface area contributed by atoms with E-state index in [-0.39, 0.29) is 0 Å². The van der Waals surface area contributed by atoms with Gasteiger partial charge in [0.2, 0.25) is 0 Å². The van der Waals surface area contributed by atoms with Crippen molar-refractivity contribution < 1.29 is 8.83 Å². The summed E-state index contributed by atoms with van der Waals surface area (Å²) in [5, 5.41) is 6.85. The SMILES string of the molecule is Cc1ccc(-n2c3ccccc3c3cc(-c4ccc(N(c5ccc6oc7ccccc7c6c5)c5cccc6oc7ccccc7c56)cc4)ccc32)cc1. The quantitative estimate of drug-likeness (QED) is 0.181. The van der Waals surface area contributed by atoms with E-state index in [1.54, 1.807) is 0 Å². The van der Waals surface area contributed by atoms with Gasteiger partial charge in [0.1, 0.15) is 22.3 Å². The first-order valence-corrected chi connectivity index (χ1v) is 18.0. The first-order chi connectivity index (χ1) is 26.2. The van der Waals surface area contributed by atoms with Crippen molar-refractivity contribution >= 4 is 82.7 Å². The highest BCUT2D eigenvalue weighted by Gasteiger charge is 2.21. The molecule has 0 atom stereocenters. The van der Waals surface area contributed by atoms with Gasteiger partial charge in [-0.25, -0.2) is 0 Å². The van der Waals surface area contributed by atoms with Gasteiger partial charge in [0.25, 0.3) is 0 Å². The number of fused-ring (bicyclic) bond motifs is 9. The molecule has 0 unspecified atom stereocenters. The van der Waals surface area contributed by atoms with Crippen LogP contribution in [0.25, 0.3) is 82.5 Å². The molecule has 4 heteroatoms. The minimum Gasteiger partial charge on any atom is -0.456 e. The van der Waals surface area contributed by atoms with Gasteiger partial charge in [0, 0.05) is 44.0 Å². The molecule has 11 aromatic rings. The molecule has 0 saturated carbocycles. The summed E-state index contributed by atoms with van der Waals surface area (Å²) < 4.78 is 15.0. The molecule has 0 fully saturated rings. The van der Waals surface area contributed by atoms with E-state index < -0.39 is 0 Å². The summed E-state index contributed by atoms with van der Waals surface area (Å²) in [6, 6.07) is 62.6. The van der Waals surface area contributed by atoms with Gasteiger partial charge in [0.05, 0.1) is 22.1 Å². The zero-order chi connectivity index (χ0) is 35.0. The third-order valence-corrected chi connectivity index (χ3v) is 10.7. The lowest BCUT2D eigenvalue weighted by Crippen LogP contribution is -2.10. The average Bonchev–Trinajstić information content (AvgIpc) is 3.88. The van der Waals surface area contributed by atoms with Crippen LogP contribution in [0, 0.1) is 6.92 Å². The summed E-state index contributed by atoms with van der Waals surface area (Å²) in [6.45, 7) is 2.13. The van der Waals surface area contributed by atoms with E-state index in [0.717, 1.165) is 66.5 Å². The fourth-order valence-corrected chi connectivity index (χ4v) is 8.15. The lowest BCUT2D eigenvalue weighted by atomic mass is 10.0. The van der Waals surface area contributed by atoms with Crippen LogP contribution in [0.1, 0.15) is 5.56 Å². The van der Waals surface area contributed by atoms with Gasteiger partial charge in [-0.3, -0.25) is 0 Å². The van der Waals surface area contributed by atoms with E-state index >= 15 is 0 Å². The van der Waals surface area contributed by atoms with Crippen molar-refractivity contribution in [3.05, 3.63) is 181 Å². The van der Waals surface area contributed by atoms with Crippen molar-refractivity contribution in [2.45, 2.75) is 6.92 Å². The second kappa shape index (κ2) is 11.5. The molecule has 0 bridgehead atoms. The fraction of sp³-hybridized carbons (Fsp3) is 0.0204. The van der Waals surface area contributed by atoms with Gasteiger partial charge in [-0.15, -0.1) is 0 Å². The normalized spacial score (nSPS) is 11.9. The molecule has 0 aliphatic carbocycles.